The van der Waals surface area contributed by atoms with E-state index in [2.05, 4.69) is 5.32 Å². The van der Waals surface area contributed by atoms with Crippen LogP contribution in [0, 0.1) is 19.7 Å². The third kappa shape index (κ3) is 4.34. The first-order chi connectivity index (χ1) is 13.0. The molecule has 3 aromatic rings. The molecule has 0 saturated heterocycles. The molecule has 1 amide bonds. The third-order valence-corrected chi connectivity index (χ3v) is 4.68. The highest BCUT2D eigenvalue weighted by Crippen LogP contribution is 2.23. The first kappa shape index (κ1) is 19.0. The lowest BCUT2D eigenvalue weighted by Crippen LogP contribution is -2.30. The standard InChI is InChI=1S/C21H24FN3O2/c1-14-10-18-19(11-15(14)2)25(13-21(26)23-8-9-27-3)20(24-18)12-16-6-4-5-7-17(16)22/h4-7,10-11H,8-9,12-13H2,1-3H3,(H,23,26). The molecule has 0 aliphatic heterocycles. The second-order valence-corrected chi connectivity index (χ2v) is 6.65. The van der Waals surface area contributed by atoms with Crippen LogP contribution >= 0.6 is 0 Å². The van der Waals surface area contributed by atoms with Gasteiger partial charge in [-0.15, -0.1) is 0 Å². The number of carbonyl (C=O) groups excluding carboxylic acids is 1. The minimum absolute atomic E-state index is 0.126. The molecule has 0 fully saturated rings. The van der Waals surface area contributed by atoms with E-state index >= 15 is 0 Å². The number of hydrogen-bond donors (Lipinski definition) is 1. The van der Waals surface area contributed by atoms with Crippen LogP contribution in [-0.2, 0) is 22.5 Å². The highest BCUT2D eigenvalue weighted by atomic mass is 19.1. The van der Waals surface area contributed by atoms with Gasteiger partial charge in [-0.2, -0.15) is 0 Å². The Kier molecular flexibility index (Phi) is 5.86. The van der Waals surface area contributed by atoms with Crippen molar-refractivity contribution in [1.29, 1.82) is 0 Å². The molecule has 0 aliphatic carbocycles. The van der Waals surface area contributed by atoms with Gasteiger partial charge in [0.1, 0.15) is 18.2 Å². The van der Waals surface area contributed by atoms with Crippen molar-refractivity contribution in [3.8, 4) is 0 Å². The second kappa shape index (κ2) is 8.31. The van der Waals surface area contributed by atoms with E-state index in [9.17, 15) is 9.18 Å². The molecule has 142 valence electrons. The fourth-order valence-electron chi connectivity index (χ4n) is 3.05. The van der Waals surface area contributed by atoms with Crippen LogP contribution in [0.15, 0.2) is 36.4 Å². The van der Waals surface area contributed by atoms with Gasteiger partial charge in [0, 0.05) is 20.1 Å². The average molecular weight is 369 g/mol. The summed E-state index contributed by atoms with van der Waals surface area (Å²) in [7, 11) is 1.59. The summed E-state index contributed by atoms with van der Waals surface area (Å²) in [6, 6.07) is 10.7. The zero-order chi connectivity index (χ0) is 19.4. The molecule has 0 bridgehead atoms. The Morgan fingerprint density at radius 3 is 2.70 bits per heavy atom. The van der Waals surface area contributed by atoms with Gasteiger partial charge in [-0.3, -0.25) is 4.79 Å². The normalized spacial score (nSPS) is 11.1. The van der Waals surface area contributed by atoms with Crippen molar-refractivity contribution >= 4 is 16.9 Å². The summed E-state index contributed by atoms with van der Waals surface area (Å²) in [4.78, 5) is 17.1. The lowest BCUT2D eigenvalue weighted by atomic mass is 10.1. The first-order valence-electron chi connectivity index (χ1n) is 8.95. The molecule has 2 aromatic carbocycles. The summed E-state index contributed by atoms with van der Waals surface area (Å²) in [5, 5.41) is 2.83. The number of carbonyl (C=O) groups is 1. The molecule has 5 nitrogen and oxygen atoms in total. The van der Waals surface area contributed by atoms with Gasteiger partial charge in [0.15, 0.2) is 0 Å². The summed E-state index contributed by atoms with van der Waals surface area (Å²) in [5.74, 6) is 0.273. The first-order valence-corrected chi connectivity index (χ1v) is 8.95. The average Bonchev–Trinajstić information content (AvgIpc) is 2.94. The fourth-order valence-corrected chi connectivity index (χ4v) is 3.05. The van der Waals surface area contributed by atoms with Gasteiger partial charge in [0.05, 0.1) is 17.6 Å². The smallest absolute Gasteiger partial charge is 0.240 e. The summed E-state index contributed by atoms with van der Waals surface area (Å²) in [6.07, 6.45) is 0.324. The third-order valence-electron chi connectivity index (χ3n) is 4.68. The summed E-state index contributed by atoms with van der Waals surface area (Å²) in [5.41, 5.74) is 4.51. The van der Waals surface area contributed by atoms with Crippen molar-refractivity contribution in [3.63, 3.8) is 0 Å². The number of fused-ring (bicyclic) bond motifs is 1. The minimum atomic E-state index is -0.270. The second-order valence-electron chi connectivity index (χ2n) is 6.65. The zero-order valence-electron chi connectivity index (χ0n) is 15.9. The van der Waals surface area contributed by atoms with Crippen LogP contribution in [0.5, 0.6) is 0 Å². The highest BCUT2D eigenvalue weighted by Gasteiger charge is 2.16. The molecule has 1 aromatic heterocycles. The van der Waals surface area contributed by atoms with Gasteiger partial charge in [0.2, 0.25) is 5.91 Å². The summed E-state index contributed by atoms with van der Waals surface area (Å²) >= 11 is 0. The number of benzene rings is 2. The molecule has 0 unspecified atom stereocenters. The van der Waals surface area contributed by atoms with Crippen LogP contribution in [0.25, 0.3) is 11.0 Å². The Bertz CT molecular complexity index is 965. The minimum Gasteiger partial charge on any atom is -0.383 e. The molecule has 0 radical (unpaired) electrons. The van der Waals surface area contributed by atoms with Gasteiger partial charge < -0.3 is 14.6 Å². The maximum atomic E-state index is 14.1. The van der Waals surface area contributed by atoms with Crippen LogP contribution in [-0.4, -0.2) is 35.7 Å². The van der Waals surface area contributed by atoms with Crippen LogP contribution in [0.2, 0.25) is 0 Å². The predicted molar refractivity (Wildman–Crippen MR) is 103 cm³/mol. The molecule has 1 heterocycles. The Morgan fingerprint density at radius 1 is 1.22 bits per heavy atom. The number of aromatic nitrogens is 2. The van der Waals surface area contributed by atoms with Crippen LogP contribution < -0.4 is 5.32 Å². The van der Waals surface area contributed by atoms with Crippen LogP contribution in [0.4, 0.5) is 4.39 Å². The number of halogens is 1. The van der Waals surface area contributed by atoms with Crippen molar-refractivity contribution in [3.05, 3.63) is 64.7 Å². The van der Waals surface area contributed by atoms with Crippen molar-refractivity contribution < 1.29 is 13.9 Å². The van der Waals surface area contributed by atoms with Gasteiger partial charge in [-0.1, -0.05) is 18.2 Å². The fraction of sp³-hybridized carbons (Fsp3) is 0.333. The molecule has 0 saturated carbocycles. The monoisotopic (exact) mass is 369 g/mol. The molecule has 3 rings (SSSR count). The van der Waals surface area contributed by atoms with Crippen LogP contribution in [0.3, 0.4) is 0 Å². The van der Waals surface area contributed by atoms with Crippen LogP contribution in [0.1, 0.15) is 22.5 Å². The molecule has 6 heteroatoms. The quantitative estimate of drug-likeness (QED) is 0.651. The molecule has 1 N–H and O–H groups in total. The molecule has 27 heavy (non-hydrogen) atoms. The van der Waals surface area contributed by atoms with E-state index in [1.54, 1.807) is 25.3 Å². The van der Waals surface area contributed by atoms with E-state index in [0.717, 1.165) is 22.2 Å². The zero-order valence-corrected chi connectivity index (χ0v) is 15.9. The number of nitrogens with zero attached hydrogens (tertiary/aromatic N) is 2. The molecule has 0 atom stereocenters. The number of amides is 1. The van der Waals surface area contributed by atoms with Crippen molar-refractivity contribution in [2.45, 2.75) is 26.8 Å². The lowest BCUT2D eigenvalue weighted by molar-refractivity contribution is -0.121. The lowest BCUT2D eigenvalue weighted by Gasteiger charge is -2.11. The number of methoxy groups -OCH3 is 1. The van der Waals surface area contributed by atoms with E-state index < -0.39 is 0 Å². The van der Waals surface area contributed by atoms with E-state index in [-0.39, 0.29) is 18.3 Å². The van der Waals surface area contributed by atoms with Gasteiger partial charge >= 0.3 is 0 Å². The number of aryl methyl sites for hydroxylation is 2. The van der Waals surface area contributed by atoms with Gasteiger partial charge in [0.25, 0.3) is 0 Å². The Morgan fingerprint density at radius 2 is 1.96 bits per heavy atom. The predicted octanol–water partition coefficient (Wildman–Crippen LogP) is 3.15. The topological polar surface area (TPSA) is 56.1 Å². The largest absolute Gasteiger partial charge is 0.383 e. The number of nitrogens with one attached hydrogen (secondary N) is 1. The maximum absolute atomic E-state index is 14.1. The van der Waals surface area contributed by atoms with E-state index in [4.69, 9.17) is 9.72 Å². The Balaban J connectivity index is 1.98. The molecular weight excluding hydrogens is 345 g/mol. The summed E-state index contributed by atoms with van der Waals surface area (Å²) < 4.78 is 21.0. The number of ether oxygens (including phenoxy) is 1. The number of hydrogen-bond acceptors (Lipinski definition) is 3. The Labute approximate surface area is 158 Å². The highest BCUT2D eigenvalue weighted by molar-refractivity contribution is 5.82. The number of imidazole rings is 1. The molecule has 0 spiro atoms. The number of rotatable bonds is 7. The Hall–Kier alpha value is -2.73. The van der Waals surface area contributed by atoms with Gasteiger partial charge in [-0.25, -0.2) is 9.37 Å². The van der Waals surface area contributed by atoms with E-state index in [1.165, 1.54) is 6.07 Å². The van der Waals surface area contributed by atoms with Crippen molar-refractivity contribution in [1.82, 2.24) is 14.9 Å². The molecular formula is C21H24FN3O2. The van der Waals surface area contributed by atoms with E-state index in [0.29, 0.717) is 31.0 Å². The summed E-state index contributed by atoms with van der Waals surface area (Å²) in [6.45, 7) is 5.09. The van der Waals surface area contributed by atoms with Gasteiger partial charge in [-0.05, 0) is 48.7 Å². The van der Waals surface area contributed by atoms with Crippen molar-refractivity contribution in [2.24, 2.45) is 0 Å². The maximum Gasteiger partial charge on any atom is 0.240 e. The van der Waals surface area contributed by atoms with E-state index in [1.807, 2.05) is 30.5 Å². The van der Waals surface area contributed by atoms with Crippen molar-refractivity contribution in [2.75, 3.05) is 20.3 Å². The molecule has 0 aliphatic rings. The SMILES string of the molecule is COCCNC(=O)Cn1c(Cc2ccccc2F)nc2cc(C)c(C)cc21.